The first kappa shape index (κ1) is 15.0. The molecule has 0 aliphatic rings. The van der Waals surface area contributed by atoms with Crippen LogP contribution in [0.25, 0.3) is 0 Å². The number of anilines is 1. The highest BCUT2D eigenvalue weighted by Gasteiger charge is 2.07. The van der Waals surface area contributed by atoms with Crippen LogP contribution in [0.2, 0.25) is 0 Å². The first-order chi connectivity index (χ1) is 9.67. The highest BCUT2D eigenvalue weighted by Crippen LogP contribution is 2.17. The van der Waals surface area contributed by atoms with Crippen LogP contribution in [-0.2, 0) is 17.0 Å². The standard InChI is InChI=1S/C14H17N3OS2/c1-3-13-16-17-14(20-13)15-12(18)9-19-8-11-6-4-5-10(2)7-11/h4-7H,3,8-9H2,1-2H3,(H,15,17,18). The van der Waals surface area contributed by atoms with Crippen molar-refractivity contribution in [2.45, 2.75) is 26.0 Å². The second kappa shape index (κ2) is 7.40. The van der Waals surface area contributed by atoms with Crippen molar-refractivity contribution in [3.05, 3.63) is 40.4 Å². The molecule has 0 fully saturated rings. The van der Waals surface area contributed by atoms with E-state index in [0.717, 1.165) is 17.2 Å². The maximum Gasteiger partial charge on any atom is 0.236 e. The first-order valence-electron chi connectivity index (χ1n) is 6.43. The Morgan fingerprint density at radius 1 is 1.40 bits per heavy atom. The third-order valence-electron chi connectivity index (χ3n) is 2.60. The average molecular weight is 307 g/mol. The van der Waals surface area contributed by atoms with Crippen LogP contribution in [-0.4, -0.2) is 21.9 Å². The number of benzene rings is 1. The van der Waals surface area contributed by atoms with E-state index in [4.69, 9.17) is 0 Å². The van der Waals surface area contributed by atoms with E-state index in [0.29, 0.717) is 10.9 Å². The SMILES string of the molecule is CCc1nnc(NC(=O)CSCc2cccc(C)c2)s1. The lowest BCUT2D eigenvalue weighted by Crippen LogP contribution is -2.14. The van der Waals surface area contributed by atoms with Gasteiger partial charge in [-0.1, -0.05) is 48.1 Å². The molecule has 0 atom stereocenters. The lowest BCUT2D eigenvalue weighted by molar-refractivity contribution is -0.113. The summed E-state index contributed by atoms with van der Waals surface area (Å²) in [6.07, 6.45) is 0.843. The molecule has 0 saturated heterocycles. The van der Waals surface area contributed by atoms with E-state index >= 15 is 0 Å². The van der Waals surface area contributed by atoms with Gasteiger partial charge < -0.3 is 0 Å². The molecule has 20 heavy (non-hydrogen) atoms. The van der Waals surface area contributed by atoms with Gasteiger partial charge in [-0.15, -0.1) is 22.0 Å². The summed E-state index contributed by atoms with van der Waals surface area (Å²) in [6, 6.07) is 8.33. The first-order valence-corrected chi connectivity index (χ1v) is 8.40. The number of carbonyl (C=O) groups is 1. The molecule has 0 unspecified atom stereocenters. The van der Waals surface area contributed by atoms with Crippen LogP contribution in [0.5, 0.6) is 0 Å². The van der Waals surface area contributed by atoms with Crippen LogP contribution < -0.4 is 5.32 Å². The van der Waals surface area contributed by atoms with Crippen molar-refractivity contribution in [3.8, 4) is 0 Å². The summed E-state index contributed by atoms with van der Waals surface area (Å²) in [6.45, 7) is 4.09. The molecule has 2 aromatic rings. The summed E-state index contributed by atoms with van der Waals surface area (Å²) in [7, 11) is 0. The van der Waals surface area contributed by atoms with Crippen molar-refractivity contribution in [1.29, 1.82) is 0 Å². The monoisotopic (exact) mass is 307 g/mol. The van der Waals surface area contributed by atoms with Gasteiger partial charge in [0.2, 0.25) is 11.0 Å². The Labute approximate surface area is 127 Å². The zero-order valence-electron chi connectivity index (χ0n) is 11.5. The molecule has 0 spiro atoms. The fourth-order valence-electron chi connectivity index (χ4n) is 1.67. The summed E-state index contributed by atoms with van der Waals surface area (Å²) in [5.74, 6) is 1.24. The fourth-order valence-corrected chi connectivity index (χ4v) is 3.14. The van der Waals surface area contributed by atoms with E-state index in [2.05, 4.69) is 40.6 Å². The van der Waals surface area contributed by atoms with Crippen molar-refractivity contribution >= 4 is 34.1 Å². The zero-order valence-corrected chi connectivity index (χ0v) is 13.2. The van der Waals surface area contributed by atoms with Gasteiger partial charge in [0.25, 0.3) is 0 Å². The molecule has 2 rings (SSSR count). The number of hydrogen-bond donors (Lipinski definition) is 1. The Morgan fingerprint density at radius 2 is 2.25 bits per heavy atom. The molecular formula is C14H17N3OS2. The Morgan fingerprint density at radius 3 is 2.95 bits per heavy atom. The van der Waals surface area contributed by atoms with E-state index in [1.165, 1.54) is 22.5 Å². The van der Waals surface area contributed by atoms with Crippen LogP contribution >= 0.6 is 23.1 Å². The van der Waals surface area contributed by atoms with Gasteiger partial charge in [-0.3, -0.25) is 10.1 Å². The number of hydrogen-bond acceptors (Lipinski definition) is 5. The summed E-state index contributed by atoms with van der Waals surface area (Å²) < 4.78 is 0. The van der Waals surface area contributed by atoms with Crippen LogP contribution in [0.4, 0.5) is 5.13 Å². The van der Waals surface area contributed by atoms with Crippen molar-refractivity contribution < 1.29 is 4.79 Å². The quantitative estimate of drug-likeness (QED) is 0.890. The number of aromatic nitrogens is 2. The largest absolute Gasteiger partial charge is 0.300 e. The van der Waals surface area contributed by atoms with Gasteiger partial charge >= 0.3 is 0 Å². The van der Waals surface area contributed by atoms with Gasteiger partial charge in [0, 0.05) is 5.75 Å². The van der Waals surface area contributed by atoms with Crippen molar-refractivity contribution in [3.63, 3.8) is 0 Å². The Bertz CT molecular complexity index is 583. The Kier molecular flexibility index (Phi) is 5.55. The lowest BCUT2D eigenvalue weighted by Gasteiger charge is -2.03. The van der Waals surface area contributed by atoms with Gasteiger partial charge in [0.1, 0.15) is 5.01 Å². The normalized spacial score (nSPS) is 10.5. The minimum absolute atomic E-state index is 0.0264. The van der Waals surface area contributed by atoms with Gasteiger partial charge in [-0.2, -0.15) is 0 Å². The summed E-state index contributed by atoms with van der Waals surface area (Å²) in [4.78, 5) is 11.8. The number of rotatable bonds is 6. The predicted octanol–water partition coefficient (Wildman–Crippen LogP) is 3.28. The molecule has 1 heterocycles. The van der Waals surface area contributed by atoms with Crippen molar-refractivity contribution in [2.24, 2.45) is 0 Å². The fraction of sp³-hybridized carbons (Fsp3) is 0.357. The summed E-state index contributed by atoms with van der Waals surface area (Å²) >= 11 is 3.03. The van der Waals surface area contributed by atoms with Crippen molar-refractivity contribution in [1.82, 2.24) is 10.2 Å². The number of nitrogens with one attached hydrogen (secondary N) is 1. The molecule has 0 saturated carbocycles. The molecule has 0 aliphatic carbocycles. The highest BCUT2D eigenvalue weighted by atomic mass is 32.2. The zero-order chi connectivity index (χ0) is 14.4. The number of nitrogens with zero attached hydrogens (tertiary/aromatic N) is 2. The highest BCUT2D eigenvalue weighted by molar-refractivity contribution is 7.99. The number of aryl methyl sites for hydroxylation is 2. The van der Waals surface area contributed by atoms with Crippen LogP contribution in [0.1, 0.15) is 23.1 Å². The van der Waals surface area contributed by atoms with Gasteiger partial charge in [0.05, 0.1) is 5.75 Å². The topological polar surface area (TPSA) is 54.9 Å². The molecule has 4 nitrogen and oxygen atoms in total. The average Bonchev–Trinajstić information content (AvgIpc) is 2.86. The van der Waals surface area contributed by atoms with Gasteiger partial charge in [-0.25, -0.2) is 0 Å². The summed E-state index contributed by atoms with van der Waals surface area (Å²) in [5.41, 5.74) is 2.49. The minimum atomic E-state index is -0.0264. The smallest absolute Gasteiger partial charge is 0.236 e. The van der Waals surface area contributed by atoms with Crippen molar-refractivity contribution in [2.75, 3.05) is 11.1 Å². The third-order valence-corrected chi connectivity index (χ3v) is 4.59. The second-order valence-electron chi connectivity index (χ2n) is 4.38. The van der Waals surface area contributed by atoms with Crippen LogP contribution in [0.15, 0.2) is 24.3 Å². The Balaban J connectivity index is 1.75. The molecular weight excluding hydrogens is 290 g/mol. The molecule has 1 N–H and O–H groups in total. The number of thioether (sulfide) groups is 1. The van der Waals surface area contributed by atoms with E-state index in [-0.39, 0.29) is 5.91 Å². The van der Waals surface area contributed by atoms with Crippen LogP contribution in [0.3, 0.4) is 0 Å². The molecule has 6 heteroatoms. The number of amides is 1. The van der Waals surface area contributed by atoms with E-state index < -0.39 is 0 Å². The second-order valence-corrected chi connectivity index (χ2v) is 6.43. The predicted molar refractivity (Wildman–Crippen MR) is 85.3 cm³/mol. The molecule has 0 radical (unpaired) electrons. The summed E-state index contributed by atoms with van der Waals surface area (Å²) in [5, 5.41) is 12.2. The van der Waals surface area contributed by atoms with Gasteiger partial charge in [-0.05, 0) is 18.9 Å². The number of carbonyl (C=O) groups excluding carboxylic acids is 1. The van der Waals surface area contributed by atoms with E-state index in [9.17, 15) is 4.79 Å². The van der Waals surface area contributed by atoms with Gasteiger partial charge in [0.15, 0.2) is 0 Å². The molecule has 1 aromatic heterocycles. The minimum Gasteiger partial charge on any atom is -0.300 e. The maximum absolute atomic E-state index is 11.8. The maximum atomic E-state index is 11.8. The Hall–Kier alpha value is -1.40. The molecule has 106 valence electrons. The molecule has 0 bridgehead atoms. The molecule has 0 aliphatic heterocycles. The van der Waals surface area contributed by atoms with Crippen LogP contribution in [0, 0.1) is 6.92 Å². The molecule has 1 aromatic carbocycles. The van der Waals surface area contributed by atoms with E-state index in [1.54, 1.807) is 11.8 Å². The molecule has 1 amide bonds. The lowest BCUT2D eigenvalue weighted by atomic mass is 10.2. The van der Waals surface area contributed by atoms with E-state index in [1.807, 2.05) is 13.0 Å². The third kappa shape index (κ3) is 4.61.